The number of nitrogens with zero attached hydrogens (tertiary/aromatic N) is 2. The smallest absolute Gasteiger partial charge is 0.159 e. The molecule has 6 heteroatoms. The Bertz CT molecular complexity index is 440. The van der Waals surface area contributed by atoms with E-state index in [1.807, 2.05) is 4.90 Å². The van der Waals surface area contributed by atoms with Gasteiger partial charge in [-0.3, -0.25) is 9.80 Å². The van der Waals surface area contributed by atoms with Gasteiger partial charge in [0.15, 0.2) is 11.6 Å². The number of aliphatic hydroxyl groups excluding tert-OH is 1. The topological polar surface area (TPSA) is 35.9 Å². The molecule has 0 bridgehead atoms. The van der Waals surface area contributed by atoms with Crippen molar-refractivity contribution >= 4 is 0 Å². The fourth-order valence-corrected chi connectivity index (χ4v) is 2.42. The van der Waals surface area contributed by atoms with Gasteiger partial charge >= 0.3 is 0 Å². The Labute approximate surface area is 123 Å². The standard InChI is InChI=1S/C15H22F2N2O2/c16-14-2-1-13(11-15(14)17)12-19(5-8-20)4-3-18-6-9-21-10-7-18/h1-2,11,20H,3-10,12H2. The molecule has 118 valence electrons. The minimum atomic E-state index is -0.833. The van der Waals surface area contributed by atoms with E-state index in [-0.39, 0.29) is 6.61 Å². The van der Waals surface area contributed by atoms with E-state index in [1.165, 1.54) is 6.07 Å². The van der Waals surface area contributed by atoms with Gasteiger partial charge in [0.2, 0.25) is 0 Å². The first kappa shape index (κ1) is 16.3. The van der Waals surface area contributed by atoms with Crippen LogP contribution in [0.15, 0.2) is 18.2 Å². The van der Waals surface area contributed by atoms with Crippen LogP contribution in [-0.4, -0.2) is 67.5 Å². The third kappa shape index (κ3) is 5.32. The highest BCUT2D eigenvalue weighted by atomic mass is 19.2. The molecule has 1 aromatic carbocycles. The second-order valence-corrected chi connectivity index (χ2v) is 5.20. The lowest BCUT2D eigenvalue weighted by atomic mass is 10.2. The van der Waals surface area contributed by atoms with Crippen molar-refractivity contribution in [2.45, 2.75) is 6.54 Å². The van der Waals surface area contributed by atoms with E-state index in [0.29, 0.717) is 18.7 Å². The van der Waals surface area contributed by atoms with Crippen LogP contribution in [0.1, 0.15) is 5.56 Å². The zero-order valence-electron chi connectivity index (χ0n) is 12.1. The van der Waals surface area contributed by atoms with Gasteiger partial charge in [0.1, 0.15) is 0 Å². The number of halogens is 2. The largest absolute Gasteiger partial charge is 0.395 e. The number of ether oxygens (including phenoxy) is 1. The van der Waals surface area contributed by atoms with E-state index >= 15 is 0 Å². The lowest BCUT2D eigenvalue weighted by Crippen LogP contribution is -2.41. The molecule has 0 spiro atoms. The minimum Gasteiger partial charge on any atom is -0.395 e. The molecule has 1 saturated heterocycles. The molecule has 0 saturated carbocycles. The van der Waals surface area contributed by atoms with E-state index in [1.54, 1.807) is 6.07 Å². The predicted octanol–water partition coefficient (Wildman–Crippen LogP) is 1.09. The highest BCUT2D eigenvalue weighted by Crippen LogP contribution is 2.11. The van der Waals surface area contributed by atoms with Crippen molar-refractivity contribution in [1.82, 2.24) is 9.80 Å². The van der Waals surface area contributed by atoms with Crippen molar-refractivity contribution in [3.05, 3.63) is 35.4 Å². The van der Waals surface area contributed by atoms with Crippen molar-refractivity contribution < 1.29 is 18.6 Å². The number of morpholine rings is 1. The van der Waals surface area contributed by atoms with Crippen LogP contribution in [0, 0.1) is 11.6 Å². The summed E-state index contributed by atoms with van der Waals surface area (Å²) >= 11 is 0. The first-order valence-electron chi connectivity index (χ1n) is 7.26. The van der Waals surface area contributed by atoms with Gasteiger partial charge in [-0.15, -0.1) is 0 Å². The number of benzene rings is 1. The van der Waals surface area contributed by atoms with Gasteiger partial charge in [-0.05, 0) is 17.7 Å². The molecule has 0 radical (unpaired) electrons. The second kappa shape index (κ2) is 8.38. The van der Waals surface area contributed by atoms with Gasteiger partial charge in [0.05, 0.1) is 19.8 Å². The first-order valence-corrected chi connectivity index (χ1v) is 7.26. The highest BCUT2D eigenvalue weighted by molar-refractivity contribution is 5.17. The van der Waals surface area contributed by atoms with Crippen molar-refractivity contribution in [1.29, 1.82) is 0 Å². The molecule has 1 aliphatic heterocycles. The zero-order chi connectivity index (χ0) is 15.1. The van der Waals surface area contributed by atoms with E-state index in [9.17, 15) is 8.78 Å². The van der Waals surface area contributed by atoms with Crippen molar-refractivity contribution in [3.8, 4) is 0 Å². The molecule has 0 unspecified atom stereocenters. The van der Waals surface area contributed by atoms with E-state index < -0.39 is 11.6 Å². The van der Waals surface area contributed by atoms with E-state index in [2.05, 4.69) is 4.90 Å². The lowest BCUT2D eigenvalue weighted by Gasteiger charge is -2.29. The summed E-state index contributed by atoms with van der Waals surface area (Å²) < 4.78 is 31.5. The quantitative estimate of drug-likeness (QED) is 0.818. The third-order valence-electron chi connectivity index (χ3n) is 3.64. The summed E-state index contributed by atoms with van der Waals surface area (Å²) in [6.45, 7) is 6.06. The van der Waals surface area contributed by atoms with Crippen molar-refractivity contribution in [2.24, 2.45) is 0 Å². The van der Waals surface area contributed by atoms with E-state index in [4.69, 9.17) is 9.84 Å². The summed E-state index contributed by atoms with van der Waals surface area (Å²) in [6.07, 6.45) is 0. The molecule has 0 aromatic heterocycles. The maximum absolute atomic E-state index is 13.2. The van der Waals surface area contributed by atoms with Gasteiger partial charge in [0.25, 0.3) is 0 Å². The summed E-state index contributed by atoms with van der Waals surface area (Å²) in [7, 11) is 0. The number of rotatable bonds is 7. The number of hydrogen-bond donors (Lipinski definition) is 1. The van der Waals surface area contributed by atoms with Gasteiger partial charge in [-0.25, -0.2) is 8.78 Å². The average Bonchev–Trinajstić information content (AvgIpc) is 2.50. The second-order valence-electron chi connectivity index (χ2n) is 5.20. The van der Waals surface area contributed by atoms with Crippen LogP contribution in [0.3, 0.4) is 0 Å². The highest BCUT2D eigenvalue weighted by Gasteiger charge is 2.13. The summed E-state index contributed by atoms with van der Waals surface area (Å²) in [6, 6.07) is 3.94. The molecule has 2 rings (SSSR count). The maximum atomic E-state index is 13.2. The molecule has 1 heterocycles. The van der Waals surface area contributed by atoms with Gasteiger partial charge in [-0.1, -0.05) is 6.07 Å². The molecule has 21 heavy (non-hydrogen) atoms. The fraction of sp³-hybridized carbons (Fsp3) is 0.600. The van der Waals surface area contributed by atoms with Gasteiger partial charge in [-0.2, -0.15) is 0 Å². The fourth-order valence-electron chi connectivity index (χ4n) is 2.42. The minimum absolute atomic E-state index is 0.0484. The molecule has 4 nitrogen and oxygen atoms in total. The molecule has 1 fully saturated rings. The predicted molar refractivity (Wildman–Crippen MR) is 76.0 cm³/mol. The number of hydrogen-bond acceptors (Lipinski definition) is 4. The summed E-state index contributed by atoms with van der Waals surface area (Å²) in [4.78, 5) is 4.35. The molecule has 0 aliphatic carbocycles. The Kier molecular flexibility index (Phi) is 6.50. The zero-order valence-corrected chi connectivity index (χ0v) is 12.1. The molecular formula is C15H22F2N2O2. The Morgan fingerprint density at radius 2 is 1.90 bits per heavy atom. The Balaban J connectivity index is 1.86. The summed E-state index contributed by atoms with van der Waals surface area (Å²) in [5, 5.41) is 9.14. The Morgan fingerprint density at radius 1 is 1.14 bits per heavy atom. The third-order valence-corrected chi connectivity index (χ3v) is 3.64. The van der Waals surface area contributed by atoms with Crippen LogP contribution in [-0.2, 0) is 11.3 Å². The molecule has 0 amide bonds. The Morgan fingerprint density at radius 3 is 2.57 bits per heavy atom. The van der Waals surface area contributed by atoms with Crippen LogP contribution in [0.4, 0.5) is 8.78 Å². The Hall–Kier alpha value is -1.08. The van der Waals surface area contributed by atoms with Crippen LogP contribution < -0.4 is 0 Å². The van der Waals surface area contributed by atoms with E-state index in [0.717, 1.165) is 45.5 Å². The van der Waals surface area contributed by atoms with Crippen LogP contribution in [0.25, 0.3) is 0 Å². The molecular weight excluding hydrogens is 278 g/mol. The van der Waals surface area contributed by atoms with Crippen LogP contribution >= 0.6 is 0 Å². The number of aliphatic hydroxyl groups is 1. The van der Waals surface area contributed by atoms with Crippen molar-refractivity contribution in [2.75, 3.05) is 52.5 Å². The van der Waals surface area contributed by atoms with Crippen LogP contribution in [0.5, 0.6) is 0 Å². The van der Waals surface area contributed by atoms with Crippen LogP contribution in [0.2, 0.25) is 0 Å². The van der Waals surface area contributed by atoms with Gasteiger partial charge in [0, 0.05) is 39.3 Å². The first-order chi connectivity index (χ1) is 10.2. The van der Waals surface area contributed by atoms with Crippen molar-refractivity contribution in [3.63, 3.8) is 0 Å². The molecule has 1 aromatic rings. The average molecular weight is 300 g/mol. The lowest BCUT2D eigenvalue weighted by molar-refractivity contribution is 0.0320. The SMILES string of the molecule is OCCN(CCN1CCOCC1)Cc1ccc(F)c(F)c1. The normalized spacial score (nSPS) is 16.6. The molecule has 1 N–H and O–H groups in total. The van der Waals surface area contributed by atoms with Gasteiger partial charge < -0.3 is 9.84 Å². The summed E-state index contributed by atoms with van der Waals surface area (Å²) in [5.74, 6) is -1.66. The summed E-state index contributed by atoms with van der Waals surface area (Å²) in [5.41, 5.74) is 0.712. The maximum Gasteiger partial charge on any atom is 0.159 e. The molecule has 1 aliphatic rings. The molecule has 0 atom stereocenters. The monoisotopic (exact) mass is 300 g/mol.